The highest BCUT2D eigenvalue weighted by molar-refractivity contribution is 7.89. The monoisotopic (exact) mass is 424 g/mol. The lowest BCUT2D eigenvalue weighted by Crippen LogP contribution is -2.29. The maximum absolute atomic E-state index is 12.4. The maximum atomic E-state index is 12.4. The number of amides is 1. The minimum Gasteiger partial charge on any atom is -0.379 e. The molecule has 148 valence electrons. The summed E-state index contributed by atoms with van der Waals surface area (Å²) in [5.74, 6) is -0.330. The van der Waals surface area contributed by atoms with Gasteiger partial charge in [-0.1, -0.05) is 37.0 Å². The third-order valence-electron chi connectivity index (χ3n) is 3.30. The van der Waals surface area contributed by atoms with E-state index in [9.17, 15) is 13.2 Å². The fourth-order valence-electron chi connectivity index (χ4n) is 1.95. The predicted octanol–water partition coefficient (Wildman–Crippen LogP) is 3.47. The second kappa shape index (κ2) is 10.5. The highest BCUT2D eigenvalue weighted by Gasteiger charge is 2.22. The van der Waals surface area contributed by atoms with E-state index < -0.39 is 15.9 Å². The second-order valence-electron chi connectivity index (χ2n) is 6.54. The van der Waals surface area contributed by atoms with E-state index >= 15 is 0 Å². The summed E-state index contributed by atoms with van der Waals surface area (Å²) in [6.07, 6.45) is 0.762. The number of hydrogen-bond acceptors (Lipinski definition) is 4. The molecular formula is C17H26Cl2N2O4S. The summed E-state index contributed by atoms with van der Waals surface area (Å²) in [5, 5.41) is 2.76. The van der Waals surface area contributed by atoms with Crippen LogP contribution in [0.15, 0.2) is 17.0 Å². The van der Waals surface area contributed by atoms with E-state index in [0.29, 0.717) is 19.6 Å². The van der Waals surface area contributed by atoms with Crippen LogP contribution in [0.1, 0.15) is 44.5 Å². The normalized spacial score (nSPS) is 12.0. The van der Waals surface area contributed by atoms with Gasteiger partial charge in [0, 0.05) is 19.7 Å². The van der Waals surface area contributed by atoms with Crippen molar-refractivity contribution in [2.24, 2.45) is 5.92 Å². The molecule has 0 saturated heterocycles. The minimum absolute atomic E-state index is 0.0341. The first-order valence-corrected chi connectivity index (χ1v) is 10.7. The maximum Gasteiger partial charge on any atom is 0.252 e. The van der Waals surface area contributed by atoms with Crippen LogP contribution in [-0.4, -0.2) is 40.1 Å². The molecule has 0 radical (unpaired) electrons. The van der Waals surface area contributed by atoms with Crippen molar-refractivity contribution in [2.45, 2.75) is 45.1 Å². The van der Waals surface area contributed by atoms with Gasteiger partial charge in [-0.05, 0) is 38.3 Å². The van der Waals surface area contributed by atoms with Gasteiger partial charge in [-0.25, -0.2) is 13.1 Å². The summed E-state index contributed by atoms with van der Waals surface area (Å²) in [6.45, 7) is 8.80. The fraction of sp³-hybridized carbons (Fsp3) is 0.588. The summed E-state index contributed by atoms with van der Waals surface area (Å²) in [6, 6.07) is 2.47. The van der Waals surface area contributed by atoms with Crippen LogP contribution in [-0.2, 0) is 14.8 Å². The van der Waals surface area contributed by atoms with Crippen LogP contribution in [0.3, 0.4) is 0 Å². The third kappa shape index (κ3) is 7.40. The topological polar surface area (TPSA) is 84.5 Å². The molecule has 6 nitrogen and oxygen atoms in total. The van der Waals surface area contributed by atoms with Crippen molar-refractivity contribution in [3.63, 3.8) is 0 Å². The number of carbonyl (C=O) groups is 1. The number of halogens is 2. The Kier molecular flexibility index (Phi) is 9.33. The standard InChI is InChI=1S/C17H26Cl2N2O4S/c1-11(2)10-21-26(23,24)16-8-13(14(18)9-15(16)19)17(22)20-6-5-7-25-12(3)4/h8-9,11-12,21H,5-7,10H2,1-4H3,(H,20,22). The van der Waals surface area contributed by atoms with Crippen molar-refractivity contribution < 1.29 is 17.9 Å². The fourth-order valence-corrected chi connectivity index (χ4v) is 4.02. The molecule has 1 rings (SSSR count). The van der Waals surface area contributed by atoms with Gasteiger partial charge in [-0.2, -0.15) is 0 Å². The molecule has 9 heteroatoms. The Morgan fingerprint density at radius 3 is 2.38 bits per heavy atom. The molecular weight excluding hydrogens is 399 g/mol. The van der Waals surface area contributed by atoms with Crippen LogP contribution in [0.5, 0.6) is 0 Å². The second-order valence-corrected chi connectivity index (χ2v) is 9.09. The Balaban J connectivity index is 2.88. The van der Waals surface area contributed by atoms with Crippen LogP contribution in [0.4, 0.5) is 0 Å². The molecule has 26 heavy (non-hydrogen) atoms. The SMILES string of the molecule is CC(C)CNS(=O)(=O)c1cc(C(=O)NCCCOC(C)C)c(Cl)cc1Cl. The molecule has 0 bridgehead atoms. The van der Waals surface area contributed by atoms with Crippen molar-refractivity contribution in [2.75, 3.05) is 19.7 Å². The van der Waals surface area contributed by atoms with Crippen molar-refractivity contribution in [1.29, 1.82) is 0 Å². The number of sulfonamides is 1. The Labute approximate surface area is 165 Å². The molecule has 0 aliphatic rings. The van der Waals surface area contributed by atoms with Gasteiger partial charge >= 0.3 is 0 Å². The number of benzene rings is 1. The van der Waals surface area contributed by atoms with Gasteiger partial charge < -0.3 is 10.1 Å². The number of ether oxygens (including phenoxy) is 1. The highest BCUT2D eigenvalue weighted by Crippen LogP contribution is 2.28. The lowest BCUT2D eigenvalue weighted by Gasteiger charge is -2.13. The number of hydrogen-bond donors (Lipinski definition) is 2. The number of carbonyl (C=O) groups excluding carboxylic acids is 1. The van der Waals surface area contributed by atoms with E-state index in [1.807, 2.05) is 27.7 Å². The molecule has 2 N–H and O–H groups in total. The quantitative estimate of drug-likeness (QED) is 0.563. The Bertz CT molecular complexity index is 722. The highest BCUT2D eigenvalue weighted by atomic mass is 35.5. The summed E-state index contributed by atoms with van der Waals surface area (Å²) in [7, 11) is -3.84. The van der Waals surface area contributed by atoms with E-state index in [0.717, 1.165) is 0 Å². The van der Waals surface area contributed by atoms with Crippen LogP contribution in [0.2, 0.25) is 10.0 Å². The largest absolute Gasteiger partial charge is 0.379 e. The van der Waals surface area contributed by atoms with Crippen LogP contribution in [0.25, 0.3) is 0 Å². The smallest absolute Gasteiger partial charge is 0.252 e. The van der Waals surface area contributed by atoms with Gasteiger partial charge in [0.1, 0.15) is 4.90 Å². The van der Waals surface area contributed by atoms with E-state index in [4.69, 9.17) is 27.9 Å². The van der Waals surface area contributed by atoms with E-state index in [1.54, 1.807) is 0 Å². The first kappa shape index (κ1) is 23.2. The average Bonchev–Trinajstić information content (AvgIpc) is 2.52. The van der Waals surface area contributed by atoms with Gasteiger partial charge in [0.2, 0.25) is 10.0 Å². The molecule has 1 aromatic carbocycles. The molecule has 0 aromatic heterocycles. The van der Waals surface area contributed by atoms with E-state index in [1.165, 1.54) is 12.1 Å². The van der Waals surface area contributed by atoms with Crippen LogP contribution < -0.4 is 10.0 Å². The molecule has 0 heterocycles. The summed E-state index contributed by atoms with van der Waals surface area (Å²) < 4.78 is 32.7. The zero-order chi connectivity index (χ0) is 19.9. The Hall–Kier alpha value is -0.860. The van der Waals surface area contributed by atoms with Gasteiger partial charge in [-0.15, -0.1) is 0 Å². The first-order chi connectivity index (χ1) is 12.0. The molecule has 0 saturated carbocycles. The summed E-state index contributed by atoms with van der Waals surface area (Å²) in [5.41, 5.74) is 0.0609. The van der Waals surface area contributed by atoms with Crippen molar-refractivity contribution in [1.82, 2.24) is 10.0 Å². The number of rotatable bonds is 10. The van der Waals surface area contributed by atoms with Crippen LogP contribution in [0, 0.1) is 5.92 Å². The van der Waals surface area contributed by atoms with E-state index in [-0.39, 0.29) is 39.1 Å². The summed E-state index contributed by atoms with van der Waals surface area (Å²) in [4.78, 5) is 12.2. The van der Waals surface area contributed by atoms with Crippen molar-refractivity contribution in [3.05, 3.63) is 27.7 Å². The lowest BCUT2D eigenvalue weighted by molar-refractivity contribution is 0.0757. The zero-order valence-corrected chi connectivity index (χ0v) is 17.8. The summed E-state index contributed by atoms with van der Waals surface area (Å²) >= 11 is 12.1. The minimum atomic E-state index is -3.84. The average molecular weight is 425 g/mol. The van der Waals surface area contributed by atoms with Gasteiger partial charge in [0.05, 0.1) is 21.7 Å². The molecule has 1 amide bonds. The van der Waals surface area contributed by atoms with Crippen LogP contribution >= 0.6 is 23.2 Å². The lowest BCUT2D eigenvalue weighted by atomic mass is 10.2. The van der Waals surface area contributed by atoms with Gasteiger partial charge in [0.25, 0.3) is 5.91 Å². The molecule has 1 aromatic rings. The molecule has 0 spiro atoms. The number of nitrogens with one attached hydrogen (secondary N) is 2. The Morgan fingerprint density at radius 1 is 1.15 bits per heavy atom. The molecule has 0 unspecified atom stereocenters. The predicted molar refractivity (Wildman–Crippen MR) is 105 cm³/mol. The molecule has 0 fully saturated rings. The van der Waals surface area contributed by atoms with Crippen molar-refractivity contribution >= 4 is 39.1 Å². The van der Waals surface area contributed by atoms with E-state index in [2.05, 4.69) is 10.0 Å². The van der Waals surface area contributed by atoms with Gasteiger partial charge in [0.15, 0.2) is 0 Å². The van der Waals surface area contributed by atoms with Gasteiger partial charge in [-0.3, -0.25) is 4.79 Å². The Morgan fingerprint density at radius 2 is 1.81 bits per heavy atom. The van der Waals surface area contributed by atoms with Crippen molar-refractivity contribution in [3.8, 4) is 0 Å². The third-order valence-corrected chi connectivity index (χ3v) is 5.50. The molecule has 0 aliphatic carbocycles. The first-order valence-electron chi connectivity index (χ1n) is 8.43. The molecule has 0 aliphatic heterocycles. The molecule has 0 atom stereocenters. The zero-order valence-electron chi connectivity index (χ0n) is 15.4.